The Balaban J connectivity index is 1.98. The first kappa shape index (κ1) is 18.2. The van der Waals surface area contributed by atoms with E-state index in [0.717, 1.165) is 0 Å². The molecule has 1 atom stereocenters. The molecular weight excluding hydrogens is 336 g/mol. The summed E-state index contributed by atoms with van der Waals surface area (Å²) in [4.78, 5) is 34.1. The van der Waals surface area contributed by atoms with E-state index in [4.69, 9.17) is 9.47 Å². The number of hydrogen-bond acceptors (Lipinski definition) is 6. The molecular formula is C18H24N4O4. The number of nitrogens with one attached hydrogen (secondary N) is 2. The highest BCUT2D eigenvalue weighted by Gasteiger charge is 2.32. The number of H-pyrrole nitrogens is 1. The largest absolute Gasteiger partial charge is 0.493 e. The average molecular weight is 360 g/mol. The van der Waals surface area contributed by atoms with Crippen LogP contribution in [0.25, 0.3) is 10.9 Å². The minimum Gasteiger partial charge on any atom is -0.493 e. The molecule has 140 valence electrons. The Hall–Kier alpha value is -2.61. The van der Waals surface area contributed by atoms with E-state index in [2.05, 4.69) is 15.3 Å². The number of ether oxygens (including phenoxy) is 2. The molecule has 8 heteroatoms. The number of aromatic nitrogens is 2. The van der Waals surface area contributed by atoms with Crippen molar-refractivity contribution in [2.75, 3.05) is 27.3 Å². The van der Waals surface area contributed by atoms with Crippen LogP contribution in [0.3, 0.4) is 0 Å². The van der Waals surface area contributed by atoms with Crippen molar-refractivity contribution in [1.82, 2.24) is 20.2 Å². The molecule has 0 spiro atoms. The Morgan fingerprint density at radius 3 is 2.58 bits per heavy atom. The summed E-state index contributed by atoms with van der Waals surface area (Å²) in [6, 6.07) is 3.07. The fourth-order valence-corrected chi connectivity index (χ4v) is 3.42. The molecule has 1 aliphatic heterocycles. The predicted octanol–water partition coefficient (Wildman–Crippen LogP) is 0.897. The lowest BCUT2D eigenvalue weighted by atomic mass is 9.99. The Morgan fingerprint density at radius 2 is 1.92 bits per heavy atom. The van der Waals surface area contributed by atoms with E-state index < -0.39 is 0 Å². The zero-order valence-corrected chi connectivity index (χ0v) is 15.5. The molecule has 1 aliphatic rings. The summed E-state index contributed by atoms with van der Waals surface area (Å²) in [5.41, 5.74) is 0.289. The molecule has 8 nitrogen and oxygen atoms in total. The molecule has 1 unspecified atom stereocenters. The number of methoxy groups -OCH3 is 2. The Labute approximate surface area is 151 Å². The standard InChI is InChI=1S/C18H24N4O4/c1-10(2)16-18(24)19-5-6-22(16)9-15-20-12-8-14(26-4)13(25-3)7-11(12)17(23)21-15/h7-8,10,16H,5-6,9H2,1-4H3,(H,19,24)(H,20,21,23). The Morgan fingerprint density at radius 1 is 1.23 bits per heavy atom. The maximum absolute atomic E-state index is 12.5. The van der Waals surface area contributed by atoms with E-state index in [1.54, 1.807) is 12.1 Å². The molecule has 1 aromatic carbocycles. The van der Waals surface area contributed by atoms with Gasteiger partial charge in [-0.1, -0.05) is 13.8 Å². The number of carbonyl (C=O) groups excluding carboxylic acids is 1. The minimum atomic E-state index is -0.242. The molecule has 3 rings (SSSR count). The fourth-order valence-electron chi connectivity index (χ4n) is 3.42. The van der Waals surface area contributed by atoms with Crippen molar-refractivity contribution in [3.63, 3.8) is 0 Å². The lowest BCUT2D eigenvalue weighted by molar-refractivity contribution is -0.131. The molecule has 26 heavy (non-hydrogen) atoms. The summed E-state index contributed by atoms with van der Waals surface area (Å²) in [5.74, 6) is 1.69. The van der Waals surface area contributed by atoms with Gasteiger partial charge < -0.3 is 19.8 Å². The number of nitrogens with zero attached hydrogens (tertiary/aromatic N) is 2. The van der Waals surface area contributed by atoms with Gasteiger partial charge in [-0.15, -0.1) is 0 Å². The molecule has 0 aliphatic carbocycles. The zero-order chi connectivity index (χ0) is 18.8. The van der Waals surface area contributed by atoms with E-state index >= 15 is 0 Å². The van der Waals surface area contributed by atoms with Crippen LogP contribution in [0.4, 0.5) is 0 Å². The Kier molecular flexibility index (Phi) is 5.13. The van der Waals surface area contributed by atoms with Gasteiger partial charge in [0.05, 0.1) is 37.7 Å². The second kappa shape index (κ2) is 7.33. The molecule has 0 bridgehead atoms. The number of piperazine rings is 1. The lowest BCUT2D eigenvalue weighted by Gasteiger charge is -2.36. The lowest BCUT2D eigenvalue weighted by Crippen LogP contribution is -2.57. The zero-order valence-electron chi connectivity index (χ0n) is 15.5. The highest BCUT2D eigenvalue weighted by molar-refractivity contribution is 5.83. The SMILES string of the molecule is COc1cc2nc(CN3CCNC(=O)C3C(C)C)[nH]c(=O)c2cc1OC. The molecule has 2 heterocycles. The number of fused-ring (bicyclic) bond motifs is 1. The van der Waals surface area contributed by atoms with E-state index in [9.17, 15) is 9.59 Å². The van der Waals surface area contributed by atoms with Crippen LogP contribution in [-0.4, -0.2) is 54.1 Å². The summed E-state index contributed by atoms with van der Waals surface area (Å²) in [5, 5.41) is 3.33. The molecule has 1 amide bonds. The van der Waals surface area contributed by atoms with Crippen molar-refractivity contribution in [3.8, 4) is 11.5 Å². The molecule has 1 fully saturated rings. The summed E-state index contributed by atoms with van der Waals surface area (Å²) in [7, 11) is 3.06. The maximum atomic E-state index is 12.5. The van der Waals surface area contributed by atoms with Gasteiger partial charge in [0.2, 0.25) is 5.91 Å². The minimum absolute atomic E-state index is 0.0146. The molecule has 0 saturated carbocycles. The third kappa shape index (κ3) is 3.37. The first-order chi connectivity index (χ1) is 12.4. The van der Waals surface area contributed by atoms with Gasteiger partial charge in [0.1, 0.15) is 5.82 Å². The number of aromatic amines is 1. The van der Waals surface area contributed by atoms with Crippen LogP contribution in [0.2, 0.25) is 0 Å². The molecule has 1 aromatic heterocycles. The molecule has 0 radical (unpaired) electrons. The third-order valence-corrected chi connectivity index (χ3v) is 4.60. The van der Waals surface area contributed by atoms with Gasteiger partial charge in [-0.3, -0.25) is 14.5 Å². The van der Waals surface area contributed by atoms with Gasteiger partial charge in [-0.05, 0) is 12.0 Å². The van der Waals surface area contributed by atoms with Crippen molar-refractivity contribution in [2.45, 2.75) is 26.4 Å². The van der Waals surface area contributed by atoms with E-state index in [1.807, 2.05) is 18.7 Å². The van der Waals surface area contributed by atoms with E-state index in [-0.39, 0.29) is 23.4 Å². The third-order valence-electron chi connectivity index (χ3n) is 4.60. The summed E-state index contributed by atoms with van der Waals surface area (Å²) in [6.07, 6.45) is 0. The normalized spacial score (nSPS) is 18.2. The molecule has 2 N–H and O–H groups in total. The number of rotatable bonds is 5. The monoisotopic (exact) mass is 360 g/mol. The topological polar surface area (TPSA) is 96.5 Å². The van der Waals surface area contributed by atoms with Crippen LogP contribution < -0.4 is 20.3 Å². The van der Waals surface area contributed by atoms with Crippen molar-refractivity contribution in [1.29, 1.82) is 0 Å². The Bertz CT molecular complexity index is 877. The van der Waals surface area contributed by atoms with Crippen molar-refractivity contribution in [2.24, 2.45) is 5.92 Å². The first-order valence-corrected chi connectivity index (χ1v) is 8.61. The smallest absolute Gasteiger partial charge is 0.258 e. The highest BCUT2D eigenvalue weighted by Crippen LogP contribution is 2.30. The van der Waals surface area contributed by atoms with E-state index in [1.165, 1.54) is 14.2 Å². The second-order valence-electron chi connectivity index (χ2n) is 6.69. The quantitative estimate of drug-likeness (QED) is 0.822. The second-order valence-corrected chi connectivity index (χ2v) is 6.69. The van der Waals surface area contributed by atoms with Gasteiger partial charge >= 0.3 is 0 Å². The number of carbonyl (C=O) groups is 1. The van der Waals surface area contributed by atoms with Crippen LogP contribution in [-0.2, 0) is 11.3 Å². The van der Waals surface area contributed by atoms with Gasteiger partial charge in [0, 0.05) is 19.2 Å². The van der Waals surface area contributed by atoms with Crippen molar-refractivity contribution < 1.29 is 14.3 Å². The van der Waals surface area contributed by atoms with Crippen LogP contribution in [0.15, 0.2) is 16.9 Å². The van der Waals surface area contributed by atoms with Crippen LogP contribution in [0.5, 0.6) is 11.5 Å². The van der Waals surface area contributed by atoms with Crippen molar-refractivity contribution >= 4 is 16.8 Å². The van der Waals surface area contributed by atoms with Crippen LogP contribution in [0, 0.1) is 5.92 Å². The maximum Gasteiger partial charge on any atom is 0.258 e. The number of amides is 1. The highest BCUT2D eigenvalue weighted by atomic mass is 16.5. The van der Waals surface area contributed by atoms with Crippen molar-refractivity contribution in [3.05, 3.63) is 28.3 Å². The molecule has 1 saturated heterocycles. The van der Waals surface area contributed by atoms with Gasteiger partial charge in [0.25, 0.3) is 5.56 Å². The average Bonchev–Trinajstić information content (AvgIpc) is 2.60. The number of benzene rings is 1. The molecule has 2 aromatic rings. The fraction of sp³-hybridized carbons (Fsp3) is 0.500. The number of hydrogen-bond donors (Lipinski definition) is 2. The van der Waals surface area contributed by atoms with Crippen LogP contribution in [0.1, 0.15) is 19.7 Å². The van der Waals surface area contributed by atoms with E-state index in [0.29, 0.717) is 47.9 Å². The summed E-state index contributed by atoms with van der Waals surface area (Å²) >= 11 is 0. The predicted molar refractivity (Wildman–Crippen MR) is 97.5 cm³/mol. The van der Waals surface area contributed by atoms with Gasteiger partial charge in [-0.25, -0.2) is 4.98 Å². The van der Waals surface area contributed by atoms with Gasteiger partial charge in [-0.2, -0.15) is 0 Å². The summed E-state index contributed by atoms with van der Waals surface area (Å²) in [6.45, 7) is 5.72. The van der Waals surface area contributed by atoms with Gasteiger partial charge in [0.15, 0.2) is 11.5 Å². The first-order valence-electron chi connectivity index (χ1n) is 8.61. The van der Waals surface area contributed by atoms with Crippen LogP contribution >= 0.6 is 0 Å². The summed E-state index contributed by atoms with van der Waals surface area (Å²) < 4.78 is 10.5.